The van der Waals surface area contributed by atoms with Crippen molar-refractivity contribution in [2.45, 2.75) is 6.54 Å². The molecule has 0 aliphatic carbocycles. The van der Waals surface area contributed by atoms with Crippen LogP contribution in [0, 0.1) is 0 Å². The summed E-state index contributed by atoms with van der Waals surface area (Å²) >= 11 is 0. The standard InChI is InChI=1S/C12H12N2O/c15-9-13-6-7-14-5-4-10-2-1-3-11(8-13)12(10)14/h1-7,15H,8-9H2. The first-order valence-electron chi connectivity index (χ1n) is 5.00. The van der Waals surface area contributed by atoms with Gasteiger partial charge in [-0.05, 0) is 11.6 Å². The first-order chi connectivity index (χ1) is 7.38. The molecule has 3 heteroatoms. The molecule has 2 heterocycles. The third-order valence-corrected chi connectivity index (χ3v) is 2.82. The van der Waals surface area contributed by atoms with Crippen LogP contribution in [0.4, 0.5) is 0 Å². The molecule has 0 saturated carbocycles. The summed E-state index contributed by atoms with van der Waals surface area (Å²) in [6.45, 7) is 0.812. The maximum Gasteiger partial charge on any atom is 0.115 e. The predicted molar refractivity (Wildman–Crippen MR) is 59.9 cm³/mol. The molecule has 15 heavy (non-hydrogen) atoms. The molecular formula is C12H12N2O. The van der Waals surface area contributed by atoms with E-state index < -0.39 is 0 Å². The summed E-state index contributed by atoms with van der Waals surface area (Å²) in [7, 11) is 0. The van der Waals surface area contributed by atoms with Crippen LogP contribution < -0.4 is 0 Å². The largest absolute Gasteiger partial charge is 0.376 e. The van der Waals surface area contributed by atoms with E-state index >= 15 is 0 Å². The zero-order valence-electron chi connectivity index (χ0n) is 8.30. The minimum absolute atomic E-state index is 0.0533. The van der Waals surface area contributed by atoms with Crippen LogP contribution in [0.2, 0.25) is 0 Å². The van der Waals surface area contributed by atoms with Gasteiger partial charge in [0.05, 0.1) is 5.52 Å². The first-order valence-corrected chi connectivity index (χ1v) is 5.00. The van der Waals surface area contributed by atoms with E-state index in [0.717, 1.165) is 6.54 Å². The van der Waals surface area contributed by atoms with Gasteiger partial charge in [-0.3, -0.25) is 0 Å². The molecular weight excluding hydrogens is 188 g/mol. The second kappa shape index (κ2) is 3.14. The van der Waals surface area contributed by atoms with E-state index in [1.807, 2.05) is 23.5 Å². The maximum atomic E-state index is 9.15. The lowest BCUT2D eigenvalue weighted by Gasteiger charge is -2.15. The molecule has 1 aromatic heterocycles. The van der Waals surface area contributed by atoms with Gasteiger partial charge in [0.15, 0.2) is 0 Å². The number of aliphatic hydroxyl groups is 1. The number of aliphatic hydroxyl groups excluding tert-OH is 1. The average molecular weight is 200 g/mol. The van der Waals surface area contributed by atoms with E-state index in [0.29, 0.717) is 0 Å². The van der Waals surface area contributed by atoms with Gasteiger partial charge in [0.2, 0.25) is 0 Å². The summed E-state index contributed by atoms with van der Waals surface area (Å²) < 4.78 is 2.10. The SMILES string of the molecule is OCN1C=Cn2ccc3cccc(c32)C1. The lowest BCUT2D eigenvalue weighted by molar-refractivity contribution is 0.147. The normalized spacial score (nSPS) is 14.6. The van der Waals surface area contributed by atoms with Gasteiger partial charge < -0.3 is 14.6 Å². The second-order valence-electron chi connectivity index (χ2n) is 3.76. The number of nitrogens with zero attached hydrogens (tertiary/aromatic N) is 2. The number of benzene rings is 1. The average Bonchev–Trinajstić information content (AvgIpc) is 2.58. The van der Waals surface area contributed by atoms with Crippen LogP contribution in [0.25, 0.3) is 17.1 Å². The summed E-state index contributed by atoms with van der Waals surface area (Å²) in [5, 5.41) is 10.4. The van der Waals surface area contributed by atoms with Gasteiger partial charge in [0.25, 0.3) is 0 Å². The van der Waals surface area contributed by atoms with Crippen molar-refractivity contribution in [2.75, 3.05) is 6.73 Å². The smallest absolute Gasteiger partial charge is 0.115 e. The lowest BCUT2D eigenvalue weighted by Crippen LogP contribution is -2.16. The number of hydrogen-bond donors (Lipinski definition) is 1. The van der Waals surface area contributed by atoms with E-state index in [2.05, 4.69) is 28.8 Å². The summed E-state index contributed by atoms with van der Waals surface area (Å²) in [6, 6.07) is 8.38. The highest BCUT2D eigenvalue weighted by Crippen LogP contribution is 2.24. The Bertz CT molecular complexity index is 527. The van der Waals surface area contributed by atoms with Crippen LogP contribution in [-0.2, 0) is 6.54 Å². The van der Waals surface area contributed by atoms with E-state index in [1.54, 1.807) is 0 Å². The third kappa shape index (κ3) is 1.24. The summed E-state index contributed by atoms with van der Waals surface area (Å²) in [5.74, 6) is 0. The van der Waals surface area contributed by atoms with Gasteiger partial charge in [0.1, 0.15) is 6.73 Å². The van der Waals surface area contributed by atoms with Gasteiger partial charge in [-0.15, -0.1) is 0 Å². The highest BCUT2D eigenvalue weighted by atomic mass is 16.3. The minimum Gasteiger partial charge on any atom is -0.376 e. The molecule has 0 bridgehead atoms. The fraction of sp³-hybridized carbons (Fsp3) is 0.167. The summed E-state index contributed by atoms with van der Waals surface area (Å²) in [4.78, 5) is 1.88. The molecule has 0 spiro atoms. The van der Waals surface area contributed by atoms with Crippen LogP contribution in [0.5, 0.6) is 0 Å². The molecule has 0 radical (unpaired) electrons. The molecule has 1 aromatic carbocycles. The monoisotopic (exact) mass is 200 g/mol. The van der Waals surface area contributed by atoms with E-state index in [4.69, 9.17) is 5.11 Å². The fourth-order valence-electron chi connectivity index (χ4n) is 2.08. The van der Waals surface area contributed by atoms with Crippen molar-refractivity contribution < 1.29 is 5.11 Å². The topological polar surface area (TPSA) is 28.4 Å². The van der Waals surface area contributed by atoms with Crippen molar-refractivity contribution in [1.29, 1.82) is 0 Å². The van der Waals surface area contributed by atoms with Crippen LogP contribution in [0.1, 0.15) is 5.56 Å². The van der Waals surface area contributed by atoms with Crippen LogP contribution >= 0.6 is 0 Å². The number of para-hydroxylation sites is 1. The Hall–Kier alpha value is -1.74. The zero-order chi connectivity index (χ0) is 10.3. The fourth-order valence-corrected chi connectivity index (χ4v) is 2.08. The Kier molecular flexibility index (Phi) is 1.79. The molecule has 3 nitrogen and oxygen atoms in total. The Morgan fingerprint density at radius 2 is 2.13 bits per heavy atom. The van der Waals surface area contributed by atoms with Crippen molar-refractivity contribution >= 4 is 17.1 Å². The molecule has 76 valence electrons. The molecule has 0 fully saturated rings. The van der Waals surface area contributed by atoms with Crippen LogP contribution in [-0.4, -0.2) is 21.3 Å². The van der Waals surface area contributed by atoms with E-state index in [9.17, 15) is 0 Å². The molecule has 0 unspecified atom stereocenters. The van der Waals surface area contributed by atoms with Crippen molar-refractivity contribution in [3.63, 3.8) is 0 Å². The van der Waals surface area contributed by atoms with Crippen molar-refractivity contribution in [2.24, 2.45) is 0 Å². The number of hydrogen-bond acceptors (Lipinski definition) is 2. The Morgan fingerprint density at radius 3 is 3.00 bits per heavy atom. The quantitative estimate of drug-likeness (QED) is 0.760. The van der Waals surface area contributed by atoms with Gasteiger partial charge in [-0.1, -0.05) is 18.2 Å². The summed E-state index contributed by atoms with van der Waals surface area (Å²) in [5.41, 5.74) is 2.49. The first kappa shape index (κ1) is 8.56. The van der Waals surface area contributed by atoms with Gasteiger partial charge in [-0.2, -0.15) is 0 Å². The zero-order valence-corrected chi connectivity index (χ0v) is 8.30. The van der Waals surface area contributed by atoms with E-state index in [-0.39, 0.29) is 6.73 Å². The number of aromatic nitrogens is 1. The molecule has 0 amide bonds. The van der Waals surface area contributed by atoms with Gasteiger partial charge in [0, 0.05) is 30.5 Å². The molecule has 1 N–H and O–H groups in total. The number of rotatable bonds is 1. The molecule has 1 aliphatic heterocycles. The van der Waals surface area contributed by atoms with Gasteiger partial charge >= 0.3 is 0 Å². The highest BCUT2D eigenvalue weighted by molar-refractivity contribution is 5.85. The molecule has 0 saturated heterocycles. The third-order valence-electron chi connectivity index (χ3n) is 2.82. The molecule has 1 aliphatic rings. The second-order valence-corrected chi connectivity index (χ2v) is 3.76. The van der Waals surface area contributed by atoms with Crippen molar-refractivity contribution in [3.8, 4) is 0 Å². The lowest BCUT2D eigenvalue weighted by atomic mass is 10.1. The summed E-state index contributed by atoms with van der Waals surface area (Å²) in [6.07, 6.45) is 5.94. The molecule has 0 atom stereocenters. The van der Waals surface area contributed by atoms with Crippen LogP contribution in [0.15, 0.2) is 36.7 Å². The van der Waals surface area contributed by atoms with Gasteiger partial charge in [-0.25, -0.2) is 0 Å². The van der Waals surface area contributed by atoms with Crippen LogP contribution in [0.3, 0.4) is 0 Å². The minimum atomic E-state index is 0.0533. The maximum absolute atomic E-state index is 9.15. The Labute approximate surface area is 87.9 Å². The molecule has 2 aromatic rings. The Morgan fingerprint density at radius 1 is 1.20 bits per heavy atom. The highest BCUT2D eigenvalue weighted by Gasteiger charge is 2.10. The predicted octanol–water partition coefficient (Wildman–Crippen LogP) is 1.83. The van der Waals surface area contributed by atoms with Crippen molar-refractivity contribution in [1.82, 2.24) is 9.47 Å². The van der Waals surface area contributed by atoms with E-state index in [1.165, 1.54) is 16.5 Å². The Balaban J connectivity index is 2.26. The van der Waals surface area contributed by atoms with Crippen molar-refractivity contribution in [3.05, 3.63) is 42.2 Å². The molecule has 3 rings (SSSR count).